The molecule has 2 unspecified atom stereocenters. The van der Waals surface area contributed by atoms with E-state index in [-0.39, 0.29) is 34.8 Å². The molecule has 7 nitrogen and oxygen atoms in total. The Morgan fingerprint density at radius 2 is 1.15 bits per heavy atom. The van der Waals surface area contributed by atoms with Gasteiger partial charge in [0.05, 0.1) is 23.5 Å². The van der Waals surface area contributed by atoms with Gasteiger partial charge in [0.1, 0.15) is 0 Å². The molecule has 1 aliphatic heterocycles. The third kappa shape index (κ3) is 3.36. The van der Waals surface area contributed by atoms with Gasteiger partial charge in [0.2, 0.25) is 11.8 Å². The van der Waals surface area contributed by atoms with E-state index in [1.165, 1.54) is 29.2 Å². The molecule has 0 spiro atoms. The van der Waals surface area contributed by atoms with Crippen molar-refractivity contribution in [2.45, 2.75) is 11.8 Å². The first kappa shape index (κ1) is 23.1. The van der Waals surface area contributed by atoms with Crippen LogP contribution in [0.15, 0.2) is 97.1 Å². The first-order valence-electron chi connectivity index (χ1n) is 12.7. The topological polar surface area (TPSA) is 107 Å². The Morgan fingerprint density at radius 3 is 1.64 bits per heavy atom. The Bertz CT molecular complexity index is 1590. The predicted octanol–water partition coefficient (Wildman–Crippen LogP) is 3.70. The van der Waals surface area contributed by atoms with E-state index >= 15 is 0 Å². The number of rotatable bonds is 4. The number of aromatic carboxylic acids is 1. The third-order valence-electron chi connectivity index (χ3n) is 8.19. The molecule has 4 aromatic carbocycles. The third-order valence-corrected chi connectivity index (χ3v) is 8.19. The Balaban J connectivity index is 1.22. The fraction of sp³-hybridized carbons (Fsp3) is 0.125. The molecule has 8 rings (SSSR count). The summed E-state index contributed by atoms with van der Waals surface area (Å²) in [5, 5.41) is 13.7. The second kappa shape index (κ2) is 8.49. The van der Waals surface area contributed by atoms with E-state index < -0.39 is 23.7 Å². The number of nitrogens with one attached hydrogen (secondary N) is 1. The molecule has 7 heteroatoms. The maximum Gasteiger partial charge on any atom is 0.255 e. The summed E-state index contributed by atoms with van der Waals surface area (Å²) in [5.41, 5.74) is 5.43. The molecule has 3 aliphatic carbocycles. The molecule has 39 heavy (non-hydrogen) atoms. The van der Waals surface area contributed by atoms with Crippen molar-refractivity contribution in [2.75, 3.05) is 10.2 Å². The number of carboxylic acid groups (broad SMARTS) is 1. The summed E-state index contributed by atoms with van der Waals surface area (Å²) >= 11 is 0. The number of benzene rings is 4. The van der Waals surface area contributed by atoms with Crippen LogP contribution in [0.2, 0.25) is 0 Å². The van der Waals surface area contributed by atoms with E-state index in [9.17, 15) is 24.3 Å². The standard InChI is InChI=1S/C32H22N2O5/c35-29(33-19-14-12-17(13-15-19)32(38)39)18-6-5-7-20(16-18)34-30(36)27-25-21-8-1-2-9-22(21)26(28(27)31(34)37)24-11-4-3-10-23(24)25/h1-16,25-28H,(H,33,35)(H,38,39)/p-1. The van der Waals surface area contributed by atoms with Crippen LogP contribution in [0.4, 0.5) is 11.4 Å². The van der Waals surface area contributed by atoms with Crippen molar-refractivity contribution in [1.29, 1.82) is 0 Å². The van der Waals surface area contributed by atoms with Gasteiger partial charge >= 0.3 is 0 Å². The van der Waals surface area contributed by atoms with Gasteiger partial charge < -0.3 is 15.2 Å². The second-order valence-corrected chi connectivity index (χ2v) is 10.1. The molecule has 4 aliphatic rings. The molecule has 0 saturated carbocycles. The number of anilines is 2. The summed E-state index contributed by atoms with van der Waals surface area (Å²) in [6.45, 7) is 0. The van der Waals surface area contributed by atoms with E-state index in [1.807, 2.05) is 24.3 Å². The van der Waals surface area contributed by atoms with Gasteiger partial charge in [0.15, 0.2) is 0 Å². The number of hydrogen-bond acceptors (Lipinski definition) is 5. The average Bonchev–Trinajstić information content (AvgIpc) is 3.23. The van der Waals surface area contributed by atoms with Gasteiger partial charge in [0.25, 0.3) is 5.91 Å². The van der Waals surface area contributed by atoms with E-state index in [4.69, 9.17) is 0 Å². The lowest BCUT2D eigenvalue weighted by atomic mass is 9.55. The van der Waals surface area contributed by atoms with Crippen molar-refractivity contribution in [2.24, 2.45) is 11.8 Å². The van der Waals surface area contributed by atoms with Crippen LogP contribution in [0.1, 0.15) is 54.8 Å². The highest BCUT2D eigenvalue weighted by Gasteiger charge is 2.61. The Labute approximate surface area is 223 Å². The molecule has 1 saturated heterocycles. The summed E-state index contributed by atoms with van der Waals surface area (Å²) < 4.78 is 0. The maximum absolute atomic E-state index is 14.0. The van der Waals surface area contributed by atoms with Crippen molar-refractivity contribution >= 4 is 35.1 Å². The van der Waals surface area contributed by atoms with Crippen LogP contribution in [0, 0.1) is 11.8 Å². The quantitative estimate of drug-likeness (QED) is 0.419. The summed E-state index contributed by atoms with van der Waals surface area (Å²) in [7, 11) is 0. The Morgan fingerprint density at radius 1 is 0.641 bits per heavy atom. The van der Waals surface area contributed by atoms with Crippen molar-refractivity contribution in [3.05, 3.63) is 130 Å². The van der Waals surface area contributed by atoms with Crippen LogP contribution in [0.3, 0.4) is 0 Å². The molecular weight excluding hydrogens is 492 g/mol. The molecule has 2 atom stereocenters. The van der Waals surface area contributed by atoms with E-state index in [1.54, 1.807) is 24.3 Å². The number of hydrogen-bond donors (Lipinski definition) is 1. The second-order valence-electron chi connectivity index (χ2n) is 10.1. The van der Waals surface area contributed by atoms with Gasteiger partial charge in [-0.2, -0.15) is 0 Å². The van der Waals surface area contributed by atoms with Crippen LogP contribution in [-0.4, -0.2) is 23.7 Å². The first-order chi connectivity index (χ1) is 18.9. The molecule has 3 amide bonds. The lowest BCUT2D eigenvalue weighted by molar-refractivity contribution is -0.255. The zero-order valence-electron chi connectivity index (χ0n) is 20.5. The minimum atomic E-state index is -1.30. The van der Waals surface area contributed by atoms with Gasteiger partial charge in [-0.05, 0) is 58.1 Å². The number of carbonyl (C=O) groups is 4. The van der Waals surface area contributed by atoms with Gasteiger partial charge in [-0.25, -0.2) is 4.90 Å². The lowest BCUT2D eigenvalue weighted by Gasteiger charge is -2.45. The Kier molecular flexibility index (Phi) is 5.03. The highest BCUT2D eigenvalue weighted by Crippen LogP contribution is 2.61. The molecule has 4 aromatic rings. The number of amides is 3. The minimum absolute atomic E-state index is 0.000731. The van der Waals surface area contributed by atoms with E-state index in [0.29, 0.717) is 11.4 Å². The number of carboxylic acids is 1. The molecular formula is C32H21N2O5-. The van der Waals surface area contributed by atoms with Crippen LogP contribution in [-0.2, 0) is 9.59 Å². The fourth-order valence-corrected chi connectivity index (χ4v) is 6.61. The largest absolute Gasteiger partial charge is 0.545 e. The van der Waals surface area contributed by atoms with Gasteiger partial charge in [-0.3, -0.25) is 14.4 Å². The summed E-state index contributed by atoms with van der Waals surface area (Å²) in [5.74, 6) is -3.68. The van der Waals surface area contributed by atoms with Crippen LogP contribution >= 0.6 is 0 Å². The molecule has 1 fully saturated rings. The molecule has 1 N–H and O–H groups in total. The van der Waals surface area contributed by atoms with E-state index in [0.717, 1.165) is 22.3 Å². The molecule has 190 valence electrons. The summed E-state index contributed by atoms with van der Waals surface area (Å²) in [6, 6.07) is 28.2. The zero-order chi connectivity index (χ0) is 26.8. The normalized spacial score (nSPS) is 22.2. The van der Waals surface area contributed by atoms with Gasteiger partial charge in [-0.1, -0.05) is 66.7 Å². The van der Waals surface area contributed by atoms with Crippen molar-refractivity contribution < 1.29 is 24.3 Å². The number of nitrogens with zero attached hydrogens (tertiary/aromatic N) is 1. The average molecular weight is 514 g/mol. The zero-order valence-corrected chi connectivity index (χ0v) is 20.5. The maximum atomic E-state index is 14.0. The van der Waals surface area contributed by atoms with Crippen LogP contribution in [0.5, 0.6) is 0 Å². The molecule has 0 aromatic heterocycles. The van der Waals surface area contributed by atoms with Crippen molar-refractivity contribution in [3.8, 4) is 0 Å². The lowest BCUT2D eigenvalue weighted by Crippen LogP contribution is -2.41. The minimum Gasteiger partial charge on any atom is -0.545 e. The SMILES string of the molecule is O=C([O-])c1ccc(NC(=O)c2cccc(N3C(=O)C4C5c6ccccc6C(c6ccccc65)C4C3=O)c2)cc1. The number of carbonyl (C=O) groups excluding carboxylic acids is 4. The first-order valence-corrected chi connectivity index (χ1v) is 12.7. The number of imide groups is 1. The highest BCUT2D eigenvalue weighted by atomic mass is 16.4. The molecule has 0 radical (unpaired) electrons. The smallest absolute Gasteiger partial charge is 0.255 e. The van der Waals surface area contributed by atoms with Gasteiger partial charge in [-0.15, -0.1) is 0 Å². The molecule has 2 bridgehead atoms. The Hall–Kier alpha value is -5.04. The van der Waals surface area contributed by atoms with Crippen LogP contribution in [0.25, 0.3) is 0 Å². The summed E-state index contributed by atoms with van der Waals surface area (Å²) in [4.78, 5) is 53.2. The monoisotopic (exact) mass is 513 g/mol. The van der Waals surface area contributed by atoms with Crippen molar-refractivity contribution in [3.63, 3.8) is 0 Å². The van der Waals surface area contributed by atoms with Crippen molar-refractivity contribution in [1.82, 2.24) is 0 Å². The van der Waals surface area contributed by atoms with Crippen LogP contribution < -0.4 is 15.3 Å². The fourth-order valence-electron chi connectivity index (χ4n) is 6.61. The predicted molar refractivity (Wildman–Crippen MR) is 141 cm³/mol. The van der Waals surface area contributed by atoms with E-state index in [2.05, 4.69) is 29.6 Å². The highest BCUT2D eigenvalue weighted by molar-refractivity contribution is 6.23. The molecule has 1 heterocycles. The van der Waals surface area contributed by atoms with Gasteiger partial charge in [0, 0.05) is 23.1 Å². The summed E-state index contributed by atoms with van der Waals surface area (Å²) in [6.07, 6.45) is 0.